The Balaban J connectivity index is 2.17. The number of halogens is 2. The third-order valence-electron chi connectivity index (χ3n) is 4.31. The van der Waals surface area contributed by atoms with Crippen molar-refractivity contribution in [2.24, 2.45) is 0 Å². The fourth-order valence-electron chi connectivity index (χ4n) is 2.95. The molecule has 0 amide bonds. The van der Waals surface area contributed by atoms with Gasteiger partial charge in [-0.3, -0.25) is 9.13 Å². The maximum Gasteiger partial charge on any atom is 0.419 e. The van der Waals surface area contributed by atoms with Gasteiger partial charge in [-0.1, -0.05) is 0 Å². The van der Waals surface area contributed by atoms with E-state index in [1.165, 1.54) is 36.3 Å². The lowest BCUT2D eigenvalue weighted by molar-refractivity contribution is -0.188. The molecular formula is C20H22F2N4O5. The zero-order valence-electron chi connectivity index (χ0n) is 17.4. The molecule has 1 atom stereocenters. The summed E-state index contributed by atoms with van der Waals surface area (Å²) in [6.07, 6.45) is 0.443. The number of esters is 1. The van der Waals surface area contributed by atoms with Crippen molar-refractivity contribution < 1.29 is 33.0 Å². The zero-order valence-corrected chi connectivity index (χ0v) is 17.4. The van der Waals surface area contributed by atoms with E-state index in [1.54, 1.807) is 26.8 Å². The zero-order chi connectivity index (χ0) is 23.0. The minimum Gasteiger partial charge on any atom is -0.461 e. The number of aliphatic hydroxyl groups is 1. The van der Waals surface area contributed by atoms with Gasteiger partial charge in [0.15, 0.2) is 6.10 Å². The Morgan fingerprint density at radius 1 is 1.19 bits per heavy atom. The van der Waals surface area contributed by atoms with Crippen molar-refractivity contribution in [1.29, 1.82) is 0 Å². The van der Waals surface area contributed by atoms with Crippen LogP contribution in [0.2, 0.25) is 0 Å². The Morgan fingerprint density at radius 3 is 2.42 bits per heavy atom. The van der Waals surface area contributed by atoms with Gasteiger partial charge in [-0.2, -0.15) is 8.78 Å². The van der Waals surface area contributed by atoms with Crippen LogP contribution in [0.25, 0.3) is 16.6 Å². The first-order chi connectivity index (χ1) is 14.5. The lowest BCUT2D eigenvalue weighted by atomic mass is 10.0. The number of rotatable bonds is 5. The van der Waals surface area contributed by atoms with E-state index in [0.29, 0.717) is 5.69 Å². The van der Waals surface area contributed by atoms with Gasteiger partial charge in [-0.25, -0.2) is 9.59 Å². The molecule has 0 spiro atoms. The molecule has 9 nitrogen and oxygen atoms in total. The fraction of sp³-hybridized carbons (Fsp3) is 0.400. The Morgan fingerprint density at radius 2 is 1.84 bits per heavy atom. The molecule has 1 N–H and O–H groups in total. The fourth-order valence-corrected chi connectivity index (χ4v) is 2.95. The van der Waals surface area contributed by atoms with Crippen molar-refractivity contribution >= 4 is 23.0 Å². The van der Waals surface area contributed by atoms with Crippen LogP contribution in [0.15, 0.2) is 37.1 Å². The highest BCUT2D eigenvalue weighted by molar-refractivity contribution is 5.94. The van der Waals surface area contributed by atoms with Crippen molar-refractivity contribution in [2.75, 3.05) is 6.61 Å². The molecule has 0 fully saturated rings. The maximum atomic E-state index is 14.6. The SMILES string of the molecule is CCOC(=O)C(F)(F)C(O)c1cn(C(=O)OC(C)(C)C)c2ccc(-n3cnnc3)cc12. The van der Waals surface area contributed by atoms with Gasteiger partial charge in [0, 0.05) is 22.8 Å². The van der Waals surface area contributed by atoms with Gasteiger partial charge in [0.25, 0.3) is 0 Å². The number of carbonyl (C=O) groups is 2. The third-order valence-corrected chi connectivity index (χ3v) is 4.31. The number of nitrogens with zero attached hydrogens (tertiary/aromatic N) is 4. The average Bonchev–Trinajstić information content (AvgIpc) is 3.33. The van der Waals surface area contributed by atoms with Crippen molar-refractivity contribution in [2.45, 2.75) is 45.3 Å². The molecule has 0 bridgehead atoms. The van der Waals surface area contributed by atoms with Crippen LogP contribution in [0.4, 0.5) is 13.6 Å². The lowest BCUT2D eigenvalue weighted by Crippen LogP contribution is -2.37. The largest absolute Gasteiger partial charge is 0.461 e. The summed E-state index contributed by atoms with van der Waals surface area (Å²) in [5.41, 5.74) is -0.482. The number of aliphatic hydroxyl groups excluding tert-OH is 1. The highest BCUT2D eigenvalue weighted by Gasteiger charge is 2.50. The van der Waals surface area contributed by atoms with Crippen molar-refractivity contribution in [3.63, 3.8) is 0 Å². The lowest BCUT2D eigenvalue weighted by Gasteiger charge is -2.20. The highest BCUT2D eigenvalue weighted by atomic mass is 19.3. The second-order valence-electron chi connectivity index (χ2n) is 7.75. The minimum absolute atomic E-state index is 0.119. The Labute approximate surface area is 176 Å². The molecular weight excluding hydrogens is 414 g/mol. The van der Waals surface area contributed by atoms with E-state index in [9.17, 15) is 23.5 Å². The molecule has 0 saturated carbocycles. The molecule has 1 aromatic carbocycles. The van der Waals surface area contributed by atoms with Crippen molar-refractivity contribution in [1.82, 2.24) is 19.3 Å². The van der Waals surface area contributed by atoms with Gasteiger partial charge >= 0.3 is 18.0 Å². The average molecular weight is 436 g/mol. The summed E-state index contributed by atoms with van der Waals surface area (Å²) in [7, 11) is 0. The van der Waals surface area contributed by atoms with Gasteiger partial charge < -0.3 is 14.6 Å². The molecule has 2 heterocycles. The number of ether oxygens (including phenoxy) is 2. The molecule has 2 aromatic heterocycles. The number of alkyl halides is 2. The third kappa shape index (κ3) is 4.41. The summed E-state index contributed by atoms with van der Waals surface area (Å²) in [4.78, 5) is 24.4. The molecule has 0 aliphatic heterocycles. The Hall–Kier alpha value is -3.34. The summed E-state index contributed by atoms with van der Waals surface area (Å²) in [5, 5.41) is 18.0. The first kappa shape index (κ1) is 22.3. The van der Waals surface area contributed by atoms with Gasteiger partial charge in [0.05, 0.1) is 12.1 Å². The monoisotopic (exact) mass is 436 g/mol. The molecule has 3 aromatic rings. The molecule has 31 heavy (non-hydrogen) atoms. The molecule has 3 rings (SSSR count). The number of aromatic nitrogens is 4. The van der Waals surface area contributed by atoms with E-state index in [4.69, 9.17) is 4.74 Å². The van der Waals surface area contributed by atoms with Crippen molar-refractivity contribution in [3.05, 3.63) is 42.6 Å². The summed E-state index contributed by atoms with van der Waals surface area (Å²) >= 11 is 0. The van der Waals surface area contributed by atoms with Crippen LogP contribution >= 0.6 is 0 Å². The van der Waals surface area contributed by atoms with Crippen LogP contribution in [-0.4, -0.2) is 54.6 Å². The number of hydrogen-bond acceptors (Lipinski definition) is 7. The van der Waals surface area contributed by atoms with Gasteiger partial charge in [-0.15, -0.1) is 10.2 Å². The van der Waals surface area contributed by atoms with E-state index >= 15 is 0 Å². The second kappa shape index (κ2) is 8.06. The summed E-state index contributed by atoms with van der Waals surface area (Å²) in [5.74, 6) is -6.11. The topological polar surface area (TPSA) is 108 Å². The smallest absolute Gasteiger partial charge is 0.419 e. The quantitative estimate of drug-likeness (QED) is 0.612. The predicted molar refractivity (Wildman–Crippen MR) is 105 cm³/mol. The normalized spacial score (nSPS) is 13.3. The number of hydrogen-bond donors (Lipinski definition) is 1. The van der Waals surface area contributed by atoms with Crippen LogP contribution < -0.4 is 0 Å². The summed E-state index contributed by atoms with van der Waals surface area (Å²) in [6.45, 7) is 6.07. The van der Waals surface area contributed by atoms with Crippen LogP contribution in [0.5, 0.6) is 0 Å². The van der Waals surface area contributed by atoms with E-state index in [2.05, 4.69) is 14.9 Å². The van der Waals surface area contributed by atoms with Crippen LogP contribution in [0, 0.1) is 0 Å². The molecule has 166 valence electrons. The second-order valence-corrected chi connectivity index (χ2v) is 7.75. The number of carbonyl (C=O) groups excluding carboxylic acids is 2. The van der Waals surface area contributed by atoms with E-state index in [-0.39, 0.29) is 23.1 Å². The van der Waals surface area contributed by atoms with E-state index in [0.717, 1.165) is 10.8 Å². The minimum atomic E-state index is -4.24. The molecule has 0 aliphatic carbocycles. The molecule has 0 aliphatic rings. The standard InChI is InChI=1S/C20H22F2N4O5/c1-5-30-17(28)20(21,22)16(27)14-9-26(18(29)31-19(2,3)4)15-7-6-12(8-13(14)15)25-10-23-24-11-25/h6-11,16,27H,5H2,1-4H3. The Kier molecular flexibility index (Phi) is 5.81. The number of benzene rings is 1. The molecule has 0 radical (unpaired) electrons. The van der Waals surface area contributed by atoms with E-state index < -0.39 is 29.7 Å². The van der Waals surface area contributed by atoms with Crippen LogP contribution in [0.3, 0.4) is 0 Å². The van der Waals surface area contributed by atoms with Crippen LogP contribution in [-0.2, 0) is 14.3 Å². The van der Waals surface area contributed by atoms with Gasteiger partial charge in [0.2, 0.25) is 0 Å². The predicted octanol–water partition coefficient (Wildman–Crippen LogP) is 3.24. The summed E-state index contributed by atoms with van der Waals surface area (Å²) in [6, 6.07) is 4.60. The van der Waals surface area contributed by atoms with E-state index in [1.807, 2.05) is 0 Å². The molecule has 11 heteroatoms. The summed E-state index contributed by atoms with van der Waals surface area (Å²) < 4.78 is 41.4. The first-order valence-electron chi connectivity index (χ1n) is 9.42. The van der Waals surface area contributed by atoms with Gasteiger partial charge in [0.1, 0.15) is 18.3 Å². The van der Waals surface area contributed by atoms with Gasteiger partial charge in [-0.05, 0) is 45.9 Å². The first-order valence-corrected chi connectivity index (χ1v) is 9.42. The van der Waals surface area contributed by atoms with Crippen LogP contribution in [0.1, 0.15) is 39.4 Å². The van der Waals surface area contributed by atoms with Crippen molar-refractivity contribution in [3.8, 4) is 5.69 Å². The maximum absolute atomic E-state index is 14.6. The molecule has 1 unspecified atom stereocenters. The molecule has 0 saturated heterocycles. The number of fused-ring (bicyclic) bond motifs is 1. The Bertz CT molecular complexity index is 1100. The highest BCUT2D eigenvalue weighted by Crippen LogP contribution is 2.38.